The maximum Gasteiger partial charge on any atom is 0.309 e. The number of carbonyl (C=O) groups excluding carboxylic acids is 1. The predicted octanol–water partition coefficient (Wildman–Crippen LogP) is 3.36. The lowest BCUT2D eigenvalue weighted by molar-refractivity contribution is -0.162. The molecule has 1 aromatic heterocycles. The second-order valence-electron chi connectivity index (χ2n) is 7.06. The number of para-hydroxylation sites is 1. The van der Waals surface area contributed by atoms with Crippen LogP contribution in [-0.2, 0) is 14.3 Å². The Labute approximate surface area is 147 Å². The Morgan fingerprint density at radius 1 is 1.16 bits per heavy atom. The minimum atomic E-state index is -0.0831. The van der Waals surface area contributed by atoms with Crippen LogP contribution in [0.5, 0.6) is 5.75 Å². The van der Waals surface area contributed by atoms with Crippen LogP contribution in [0.3, 0.4) is 0 Å². The molecule has 4 rings (SSSR count). The van der Waals surface area contributed by atoms with Crippen LogP contribution in [0.2, 0.25) is 0 Å². The van der Waals surface area contributed by atoms with Crippen LogP contribution < -0.4 is 4.74 Å². The molecule has 1 aromatic carbocycles. The fraction of sp³-hybridized carbons (Fsp3) is 0.500. The molecule has 1 aliphatic heterocycles. The smallest absolute Gasteiger partial charge is 0.309 e. The van der Waals surface area contributed by atoms with Crippen molar-refractivity contribution in [3.63, 3.8) is 0 Å². The third kappa shape index (κ3) is 3.47. The molecule has 25 heavy (non-hydrogen) atoms. The lowest BCUT2D eigenvalue weighted by atomic mass is 9.58. The van der Waals surface area contributed by atoms with Crippen LogP contribution in [0.1, 0.15) is 25.7 Å². The molecule has 2 aliphatic rings. The number of aromatic nitrogens is 1. The summed E-state index contributed by atoms with van der Waals surface area (Å²) in [6.07, 6.45) is 5.78. The number of esters is 1. The summed E-state index contributed by atoms with van der Waals surface area (Å²) in [5.74, 6) is 0.742. The minimum Gasteiger partial charge on any atom is -0.489 e. The van der Waals surface area contributed by atoms with Gasteiger partial charge in [-0.2, -0.15) is 0 Å². The van der Waals surface area contributed by atoms with Gasteiger partial charge in [0.05, 0.1) is 11.4 Å². The SMILES string of the molecule is O=C(OCCOc1ccnc2ccccc12)C1CC2(CCOCC2)C1. The van der Waals surface area contributed by atoms with Gasteiger partial charge in [0.25, 0.3) is 0 Å². The van der Waals surface area contributed by atoms with Crippen molar-refractivity contribution in [3.8, 4) is 5.75 Å². The van der Waals surface area contributed by atoms with Gasteiger partial charge in [-0.3, -0.25) is 9.78 Å². The van der Waals surface area contributed by atoms with Crippen molar-refractivity contribution in [1.29, 1.82) is 0 Å². The van der Waals surface area contributed by atoms with Gasteiger partial charge in [0.2, 0.25) is 0 Å². The zero-order valence-electron chi connectivity index (χ0n) is 14.3. The Morgan fingerprint density at radius 3 is 2.80 bits per heavy atom. The number of hydrogen-bond acceptors (Lipinski definition) is 5. The zero-order valence-corrected chi connectivity index (χ0v) is 14.3. The topological polar surface area (TPSA) is 57.7 Å². The molecule has 5 nitrogen and oxygen atoms in total. The molecule has 1 spiro atoms. The molecule has 5 heteroatoms. The second-order valence-corrected chi connectivity index (χ2v) is 7.06. The average molecular weight is 341 g/mol. The Balaban J connectivity index is 1.22. The van der Waals surface area contributed by atoms with E-state index in [0.29, 0.717) is 12.0 Å². The summed E-state index contributed by atoms with van der Waals surface area (Å²) in [4.78, 5) is 16.5. The van der Waals surface area contributed by atoms with E-state index in [-0.39, 0.29) is 18.5 Å². The normalized spacial score (nSPS) is 19.5. The van der Waals surface area contributed by atoms with E-state index in [0.717, 1.165) is 55.5 Å². The summed E-state index contributed by atoms with van der Waals surface area (Å²) in [6.45, 7) is 2.29. The molecule has 1 aliphatic carbocycles. The van der Waals surface area contributed by atoms with E-state index in [9.17, 15) is 4.79 Å². The van der Waals surface area contributed by atoms with Crippen LogP contribution >= 0.6 is 0 Å². The predicted molar refractivity (Wildman–Crippen MR) is 93.4 cm³/mol. The van der Waals surface area contributed by atoms with Gasteiger partial charge in [-0.15, -0.1) is 0 Å². The van der Waals surface area contributed by atoms with Crippen LogP contribution in [0.4, 0.5) is 0 Å². The highest BCUT2D eigenvalue weighted by atomic mass is 16.6. The zero-order chi connectivity index (χ0) is 17.1. The highest BCUT2D eigenvalue weighted by Crippen LogP contribution is 2.52. The molecule has 0 amide bonds. The minimum absolute atomic E-state index is 0.0554. The lowest BCUT2D eigenvalue weighted by Gasteiger charge is -2.48. The maximum atomic E-state index is 12.2. The molecule has 2 aromatic rings. The third-order valence-electron chi connectivity index (χ3n) is 5.44. The highest BCUT2D eigenvalue weighted by molar-refractivity contribution is 5.84. The number of fused-ring (bicyclic) bond motifs is 1. The largest absolute Gasteiger partial charge is 0.489 e. The van der Waals surface area contributed by atoms with Crippen molar-refractivity contribution in [2.45, 2.75) is 25.7 Å². The molecule has 1 saturated heterocycles. The van der Waals surface area contributed by atoms with Crippen LogP contribution in [0.15, 0.2) is 36.5 Å². The molecule has 1 saturated carbocycles. The van der Waals surface area contributed by atoms with Crippen molar-refractivity contribution in [2.75, 3.05) is 26.4 Å². The average Bonchev–Trinajstić information content (AvgIpc) is 2.64. The second kappa shape index (κ2) is 7.00. The first kappa shape index (κ1) is 16.3. The van der Waals surface area contributed by atoms with E-state index in [2.05, 4.69) is 4.98 Å². The summed E-state index contributed by atoms with van der Waals surface area (Å²) < 4.78 is 16.6. The first-order valence-corrected chi connectivity index (χ1v) is 8.97. The van der Waals surface area contributed by atoms with Gasteiger partial charge in [0, 0.05) is 24.8 Å². The van der Waals surface area contributed by atoms with Gasteiger partial charge in [0.1, 0.15) is 19.0 Å². The number of nitrogens with zero attached hydrogens (tertiary/aromatic N) is 1. The van der Waals surface area contributed by atoms with Crippen LogP contribution in [-0.4, -0.2) is 37.4 Å². The van der Waals surface area contributed by atoms with E-state index < -0.39 is 0 Å². The quantitative estimate of drug-likeness (QED) is 0.616. The van der Waals surface area contributed by atoms with Crippen molar-refractivity contribution in [2.24, 2.45) is 11.3 Å². The van der Waals surface area contributed by atoms with Gasteiger partial charge >= 0.3 is 5.97 Å². The standard InChI is InChI=1S/C20H23NO4/c22-19(15-13-20(14-15)6-9-23-10-7-20)25-12-11-24-18-5-8-21-17-4-2-1-3-16(17)18/h1-5,8,15H,6-7,9-14H2. The van der Waals surface area contributed by atoms with E-state index in [4.69, 9.17) is 14.2 Å². The Bertz CT molecular complexity index is 741. The summed E-state index contributed by atoms with van der Waals surface area (Å²) in [5.41, 5.74) is 1.24. The van der Waals surface area contributed by atoms with Gasteiger partial charge in [-0.1, -0.05) is 12.1 Å². The summed E-state index contributed by atoms with van der Waals surface area (Å²) >= 11 is 0. The van der Waals surface area contributed by atoms with Crippen molar-refractivity contribution in [1.82, 2.24) is 4.98 Å². The first-order valence-electron chi connectivity index (χ1n) is 8.97. The van der Waals surface area contributed by atoms with Crippen molar-refractivity contribution < 1.29 is 19.0 Å². The molecule has 132 valence electrons. The van der Waals surface area contributed by atoms with Gasteiger partial charge in [-0.05, 0) is 49.3 Å². The molecule has 0 bridgehead atoms. The Kier molecular flexibility index (Phi) is 4.57. The summed E-state index contributed by atoms with van der Waals surface area (Å²) in [5, 5.41) is 0.969. The van der Waals surface area contributed by atoms with E-state index in [1.165, 1.54) is 0 Å². The fourth-order valence-electron chi connectivity index (χ4n) is 3.97. The lowest BCUT2D eigenvalue weighted by Crippen LogP contribution is -2.45. The van der Waals surface area contributed by atoms with E-state index >= 15 is 0 Å². The van der Waals surface area contributed by atoms with Crippen molar-refractivity contribution in [3.05, 3.63) is 36.5 Å². The molecular weight excluding hydrogens is 318 g/mol. The number of pyridine rings is 1. The summed E-state index contributed by atoms with van der Waals surface area (Å²) in [6, 6.07) is 9.67. The number of hydrogen-bond donors (Lipinski definition) is 0. The third-order valence-corrected chi connectivity index (χ3v) is 5.44. The molecule has 0 unspecified atom stereocenters. The number of benzene rings is 1. The van der Waals surface area contributed by atoms with Gasteiger partial charge in [-0.25, -0.2) is 0 Å². The molecule has 2 heterocycles. The first-order chi connectivity index (χ1) is 12.3. The molecule has 0 radical (unpaired) electrons. The molecule has 0 N–H and O–H groups in total. The van der Waals surface area contributed by atoms with E-state index in [1.807, 2.05) is 30.3 Å². The van der Waals surface area contributed by atoms with Crippen LogP contribution in [0, 0.1) is 11.3 Å². The summed E-state index contributed by atoms with van der Waals surface area (Å²) in [7, 11) is 0. The fourth-order valence-corrected chi connectivity index (χ4v) is 3.97. The Hall–Kier alpha value is -2.14. The number of rotatable bonds is 5. The molecular formula is C20H23NO4. The molecule has 2 fully saturated rings. The van der Waals surface area contributed by atoms with E-state index in [1.54, 1.807) is 6.20 Å². The van der Waals surface area contributed by atoms with Crippen molar-refractivity contribution >= 4 is 16.9 Å². The highest BCUT2D eigenvalue weighted by Gasteiger charge is 2.48. The Morgan fingerprint density at radius 2 is 1.96 bits per heavy atom. The monoisotopic (exact) mass is 341 g/mol. The molecule has 0 atom stereocenters. The van der Waals surface area contributed by atoms with Gasteiger partial charge < -0.3 is 14.2 Å². The number of ether oxygens (including phenoxy) is 3. The van der Waals surface area contributed by atoms with Gasteiger partial charge in [0.15, 0.2) is 0 Å². The maximum absolute atomic E-state index is 12.2. The number of carbonyl (C=O) groups is 1. The van der Waals surface area contributed by atoms with Crippen LogP contribution in [0.25, 0.3) is 10.9 Å².